The first kappa shape index (κ1) is 21.2. The van der Waals surface area contributed by atoms with Crippen molar-refractivity contribution in [2.45, 2.75) is 84.8 Å². The molecule has 6 nitrogen and oxygen atoms in total. The summed E-state index contributed by atoms with van der Waals surface area (Å²) in [5.74, 6) is 3.30. The van der Waals surface area contributed by atoms with E-state index in [0.717, 1.165) is 37.0 Å². The second-order valence-corrected chi connectivity index (χ2v) is 7.07. The Morgan fingerprint density at radius 2 is 2.00 bits per heavy atom. The normalized spacial score (nSPS) is 16.2. The number of aliphatic imine (C=N–C) groups is 1. The molecule has 7 heteroatoms. The highest BCUT2D eigenvalue weighted by molar-refractivity contribution is 14.0. The Kier molecular flexibility index (Phi) is 9.61. The Bertz CT molecular complexity index is 511. The van der Waals surface area contributed by atoms with Crippen LogP contribution in [0.25, 0.3) is 0 Å². The summed E-state index contributed by atoms with van der Waals surface area (Å²) in [6.07, 6.45) is 8.29. The fourth-order valence-electron chi connectivity index (χ4n) is 3.02. The van der Waals surface area contributed by atoms with E-state index in [2.05, 4.69) is 45.8 Å². The first-order valence-electron chi connectivity index (χ1n) is 9.03. The van der Waals surface area contributed by atoms with Gasteiger partial charge in [-0.3, -0.25) is 0 Å². The molecule has 0 spiro atoms. The van der Waals surface area contributed by atoms with Crippen molar-refractivity contribution in [3.05, 3.63) is 11.6 Å². The first-order valence-corrected chi connectivity index (χ1v) is 9.03. The van der Waals surface area contributed by atoms with Gasteiger partial charge in [-0.2, -0.15) is 0 Å². The fraction of sp³-hybridized carbons (Fsp3) is 0.824. The third-order valence-corrected chi connectivity index (χ3v) is 4.39. The van der Waals surface area contributed by atoms with Gasteiger partial charge in [-0.15, -0.1) is 34.2 Å². The number of halogens is 1. The lowest BCUT2D eigenvalue weighted by Gasteiger charge is -2.15. The summed E-state index contributed by atoms with van der Waals surface area (Å²) in [5.41, 5.74) is 6.01. The molecule has 138 valence electrons. The Morgan fingerprint density at radius 3 is 2.75 bits per heavy atom. The molecule has 1 aromatic rings. The summed E-state index contributed by atoms with van der Waals surface area (Å²) in [4.78, 5) is 4.45. The molecule has 0 aliphatic carbocycles. The minimum Gasteiger partial charge on any atom is -0.370 e. The molecular weight excluding hydrogens is 415 g/mol. The molecule has 1 aliphatic rings. The van der Waals surface area contributed by atoms with Crippen molar-refractivity contribution >= 4 is 29.9 Å². The molecule has 0 fully saturated rings. The van der Waals surface area contributed by atoms with Crippen LogP contribution in [0.4, 0.5) is 0 Å². The van der Waals surface area contributed by atoms with E-state index in [1.165, 1.54) is 32.1 Å². The van der Waals surface area contributed by atoms with E-state index in [9.17, 15) is 0 Å². The molecule has 0 radical (unpaired) electrons. The van der Waals surface area contributed by atoms with Crippen LogP contribution in [0.5, 0.6) is 0 Å². The largest absolute Gasteiger partial charge is 0.370 e. The first-order chi connectivity index (χ1) is 11.1. The number of aromatic nitrogens is 3. The van der Waals surface area contributed by atoms with Gasteiger partial charge in [0.05, 0.1) is 0 Å². The quantitative estimate of drug-likeness (QED) is 0.381. The number of nitrogens with zero attached hydrogens (tertiary/aromatic N) is 4. The van der Waals surface area contributed by atoms with Gasteiger partial charge in [0.1, 0.15) is 12.4 Å². The van der Waals surface area contributed by atoms with E-state index in [-0.39, 0.29) is 24.0 Å². The molecule has 0 amide bonds. The molecule has 1 aromatic heterocycles. The van der Waals surface area contributed by atoms with E-state index in [1.807, 2.05) is 0 Å². The highest BCUT2D eigenvalue weighted by Crippen LogP contribution is 2.14. The third kappa shape index (κ3) is 6.94. The zero-order chi connectivity index (χ0) is 16.7. The van der Waals surface area contributed by atoms with Crippen LogP contribution in [0.1, 0.15) is 70.9 Å². The van der Waals surface area contributed by atoms with Gasteiger partial charge in [0, 0.05) is 19.0 Å². The summed E-state index contributed by atoms with van der Waals surface area (Å²) in [5, 5.41) is 11.9. The standard InChI is InChI=1S/C17H32N6.HI/c1-13(2)8-7-9-14(3)20-17(18)19-12-16-22-21-15-10-5-4-6-11-23(15)16;/h13-14H,4-12H2,1-3H3,(H3,18,19,20);1H. The molecule has 0 bridgehead atoms. The van der Waals surface area contributed by atoms with Crippen molar-refractivity contribution < 1.29 is 0 Å². The van der Waals surface area contributed by atoms with Gasteiger partial charge in [0.2, 0.25) is 0 Å². The number of hydrogen-bond acceptors (Lipinski definition) is 3. The van der Waals surface area contributed by atoms with Crippen molar-refractivity contribution in [3.8, 4) is 0 Å². The molecule has 24 heavy (non-hydrogen) atoms. The minimum absolute atomic E-state index is 0. The van der Waals surface area contributed by atoms with Gasteiger partial charge in [-0.05, 0) is 32.1 Å². The zero-order valence-electron chi connectivity index (χ0n) is 15.3. The van der Waals surface area contributed by atoms with Crippen LogP contribution in [0, 0.1) is 5.92 Å². The van der Waals surface area contributed by atoms with E-state index in [1.54, 1.807) is 0 Å². The number of hydrogen-bond donors (Lipinski definition) is 2. The Hall–Kier alpha value is -0.860. The van der Waals surface area contributed by atoms with Crippen molar-refractivity contribution in [1.29, 1.82) is 0 Å². The van der Waals surface area contributed by atoms with Gasteiger partial charge >= 0.3 is 0 Å². The number of guanidine groups is 1. The van der Waals surface area contributed by atoms with Crippen molar-refractivity contribution in [3.63, 3.8) is 0 Å². The van der Waals surface area contributed by atoms with E-state index >= 15 is 0 Å². The smallest absolute Gasteiger partial charge is 0.189 e. The topological polar surface area (TPSA) is 81.1 Å². The zero-order valence-corrected chi connectivity index (χ0v) is 17.6. The summed E-state index contributed by atoms with van der Waals surface area (Å²) in [6, 6.07) is 0.355. The third-order valence-electron chi connectivity index (χ3n) is 4.39. The van der Waals surface area contributed by atoms with Crippen LogP contribution in [-0.2, 0) is 19.5 Å². The average Bonchev–Trinajstić information content (AvgIpc) is 2.72. The minimum atomic E-state index is 0. The summed E-state index contributed by atoms with van der Waals surface area (Å²) >= 11 is 0. The highest BCUT2D eigenvalue weighted by atomic mass is 127. The lowest BCUT2D eigenvalue weighted by Crippen LogP contribution is -2.38. The lowest BCUT2D eigenvalue weighted by atomic mass is 10.0. The summed E-state index contributed by atoms with van der Waals surface area (Å²) in [6.45, 7) is 8.19. The van der Waals surface area contributed by atoms with Gasteiger partial charge < -0.3 is 15.6 Å². The van der Waals surface area contributed by atoms with Crippen LogP contribution in [-0.4, -0.2) is 26.8 Å². The molecule has 0 aromatic carbocycles. The van der Waals surface area contributed by atoms with E-state index in [0.29, 0.717) is 18.5 Å². The number of rotatable bonds is 7. The lowest BCUT2D eigenvalue weighted by molar-refractivity contribution is 0.493. The van der Waals surface area contributed by atoms with Crippen LogP contribution in [0.2, 0.25) is 0 Å². The molecule has 0 saturated heterocycles. The number of fused-ring (bicyclic) bond motifs is 1. The molecule has 1 aliphatic heterocycles. The molecular formula is C17H33IN6. The SMILES string of the molecule is CC(C)CCCC(C)NC(N)=NCc1nnc2n1CCCCC2.I. The predicted molar refractivity (Wildman–Crippen MR) is 110 cm³/mol. The van der Waals surface area contributed by atoms with Crippen molar-refractivity contribution in [1.82, 2.24) is 20.1 Å². The van der Waals surface area contributed by atoms with Gasteiger partial charge in [-0.25, -0.2) is 4.99 Å². The highest BCUT2D eigenvalue weighted by Gasteiger charge is 2.14. The maximum Gasteiger partial charge on any atom is 0.189 e. The molecule has 0 saturated carbocycles. The Labute approximate surface area is 163 Å². The van der Waals surface area contributed by atoms with Gasteiger partial charge in [-0.1, -0.05) is 33.1 Å². The Balaban J connectivity index is 0.00000288. The van der Waals surface area contributed by atoms with Crippen LogP contribution >= 0.6 is 24.0 Å². The van der Waals surface area contributed by atoms with Gasteiger partial charge in [0.25, 0.3) is 0 Å². The fourth-order valence-corrected chi connectivity index (χ4v) is 3.02. The summed E-state index contributed by atoms with van der Waals surface area (Å²) in [7, 11) is 0. The second kappa shape index (κ2) is 10.9. The van der Waals surface area contributed by atoms with Gasteiger partial charge in [0.15, 0.2) is 11.8 Å². The predicted octanol–water partition coefficient (Wildman–Crippen LogP) is 3.24. The molecule has 1 atom stereocenters. The number of nitrogens with two attached hydrogens (primary N) is 1. The van der Waals surface area contributed by atoms with Crippen molar-refractivity contribution in [2.75, 3.05) is 0 Å². The molecule has 2 heterocycles. The maximum atomic E-state index is 6.01. The molecule has 3 N–H and O–H groups in total. The molecule has 1 unspecified atom stereocenters. The van der Waals surface area contributed by atoms with Crippen LogP contribution in [0.3, 0.4) is 0 Å². The van der Waals surface area contributed by atoms with E-state index in [4.69, 9.17) is 5.73 Å². The second-order valence-electron chi connectivity index (χ2n) is 7.07. The Morgan fingerprint density at radius 1 is 1.21 bits per heavy atom. The van der Waals surface area contributed by atoms with Crippen LogP contribution < -0.4 is 11.1 Å². The van der Waals surface area contributed by atoms with E-state index < -0.39 is 0 Å². The van der Waals surface area contributed by atoms with Crippen LogP contribution in [0.15, 0.2) is 4.99 Å². The molecule has 2 rings (SSSR count). The number of nitrogens with one attached hydrogen (secondary N) is 1. The maximum absolute atomic E-state index is 6.01. The average molecular weight is 448 g/mol. The van der Waals surface area contributed by atoms with Crippen molar-refractivity contribution in [2.24, 2.45) is 16.6 Å². The number of aryl methyl sites for hydroxylation is 1. The summed E-state index contributed by atoms with van der Waals surface area (Å²) < 4.78 is 2.22. The monoisotopic (exact) mass is 448 g/mol.